The van der Waals surface area contributed by atoms with Crippen LogP contribution in [0.4, 0.5) is 8.78 Å². The Kier molecular flexibility index (Phi) is 6.99. The van der Waals surface area contributed by atoms with Crippen LogP contribution in [0, 0.1) is 0 Å². The van der Waals surface area contributed by atoms with Gasteiger partial charge in [-0.25, -0.2) is 4.98 Å². The lowest BCUT2D eigenvalue weighted by atomic mass is 10.2. The molecule has 1 aromatic carbocycles. The van der Waals surface area contributed by atoms with Crippen molar-refractivity contribution in [3.05, 3.63) is 58.0 Å². The summed E-state index contributed by atoms with van der Waals surface area (Å²) >= 11 is 2.92. The third kappa shape index (κ3) is 6.03. The van der Waals surface area contributed by atoms with Crippen LogP contribution in [0.5, 0.6) is 5.75 Å². The number of thioether (sulfide) groups is 1. The van der Waals surface area contributed by atoms with E-state index in [0.29, 0.717) is 18.1 Å². The fraction of sp³-hybridized carbons (Fsp3) is 0.278. The molecule has 0 aliphatic heterocycles. The van der Waals surface area contributed by atoms with Crippen LogP contribution in [0.25, 0.3) is 0 Å². The number of carbonyl (C=O) groups is 1. The van der Waals surface area contributed by atoms with Crippen LogP contribution in [-0.4, -0.2) is 45.4 Å². The van der Waals surface area contributed by atoms with E-state index in [1.807, 2.05) is 17.5 Å². The van der Waals surface area contributed by atoms with Crippen molar-refractivity contribution in [2.45, 2.75) is 24.7 Å². The van der Waals surface area contributed by atoms with Gasteiger partial charge in [0.05, 0.1) is 5.75 Å². The van der Waals surface area contributed by atoms with Crippen LogP contribution in [0.1, 0.15) is 16.3 Å². The van der Waals surface area contributed by atoms with E-state index < -0.39 is 6.61 Å². The molecule has 1 amide bonds. The Morgan fingerprint density at radius 3 is 2.79 bits per heavy atom. The number of benzene rings is 1. The summed E-state index contributed by atoms with van der Waals surface area (Å²) in [7, 11) is 1.69. The number of halogens is 2. The summed E-state index contributed by atoms with van der Waals surface area (Å²) in [4.78, 5) is 19.5. The quantitative estimate of drug-likeness (QED) is 0.529. The number of ether oxygens (including phenoxy) is 1. The Morgan fingerprint density at radius 2 is 2.11 bits per heavy atom. The third-order valence-electron chi connectivity index (χ3n) is 3.75. The zero-order chi connectivity index (χ0) is 19.9. The number of hydrogen-bond acceptors (Lipinski definition) is 6. The Hall–Kier alpha value is -2.46. The molecule has 28 heavy (non-hydrogen) atoms. The maximum Gasteiger partial charge on any atom is 0.387 e. The first-order valence-electron chi connectivity index (χ1n) is 8.34. The van der Waals surface area contributed by atoms with Crippen LogP contribution in [0.2, 0.25) is 0 Å². The molecule has 148 valence electrons. The molecule has 2 aromatic heterocycles. The van der Waals surface area contributed by atoms with Gasteiger partial charge in [0.15, 0.2) is 0 Å². The van der Waals surface area contributed by atoms with E-state index in [4.69, 9.17) is 0 Å². The first-order valence-corrected chi connectivity index (χ1v) is 10.2. The zero-order valence-electron chi connectivity index (χ0n) is 15.0. The second-order valence-corrected chi connectivity index (χ2v) is 7.86. The molecule has 3 rings (SSSR count). The average Bonchev–Trinajstić information content (AvgIpc) is 3.33. The lowest BCUT2D eigenvalue weighted by Gasteiger charge is -2.17. The van der Waals surface area contributed by atoms with Gasteiger partial charge < -0.3 is 9.64 Å². The first kappa shape index (κ1) is 20.3. The SMILES string of the molecule is CN(Cc1ccc(OC(F)F)cc1)C(=O)CSc1n[nH]c(Cc2cccs2)n1. The van der Waals surface area contributed by atoms with Gasteiger partial charge in [0.2, 0.25) is 11.1 Å². The maximum atomic E-state index is 12.3. The highest BCUT2D eigenvalue weighted by atomic mass is 32.2. The number of amides is 1. The maximum absolute atomic E-state index is 12.3. The largest absolute Gasteiger partial charge is 0.435 e. The highest BCUT2D eigenvalue weighted by Crippen LogP contribution is 2.18. The standard InChI is InChI=1S/C18H18F2N4O2S2/c1-24(10-12-4-6-13(7-5-12)26-17(19)20)16(25)11-28-18-21-15(22-23-18)9-14-3-2-8-27-14/h2-8,17H,9-11H2,1H3,(H,21,22,23). The molecule has 10 heteroatoms. The number of H-pyrrole nitrogens is 1. The highest BCUT2D eigenvalue weighted by Gasteiger charge is 2.13. The molecule has 0 radical (unpaired) electrons. The molecule has 6 nitrogen and oxygen atoms in total. The number of nitrogens with one attached hydrogen (secondary N) is 1. The molecular formula is C18H18F2N4O2S2. The number of alkyl halides is 2. The van der Waals surface area contributed by atoms with Gasteiger partial charge in [-0.15, -0.1) is 16.4 Å². The van der Waals surface area contributed by atoms with Crippen LogP contribution in [-0.2, 0) is 17.8 Å². The summed E-state index contributed by atoms with van der Waals surface area (Å²) in [6, 6.07) is 10.2. The predicted molar refractivity (Wildman–Crippen MR) is 104 cm³/mol. The molecule has 1 N–H and O–H groups in total. The van der Waals surface area contributed by atoms with E-state index in [0.717, 1.165) is 11.4 Å². The molecule has 0 bridgehead atoms. The number of aromatic nitrogens is 3. The second-order valence-electron chi connectivity index (χ2n) is 5.88. The van der Waals surface area contributed by atoms with Crippen molar-refractivity contribution in [1.29, 1.82) is 0 Å². The van der Waals surface area contributed by atoms with Crippen molar-refractivity contribution in [3.8, 4) is 5.75 Å². The normalized spacial score (nSPS) is 11.0. The average molecular weight is 424 g/mol. The van der Waals surface area contributed by atoms with Gasteiger partial charge in [-0.3, -0.25) is 9.89 Å². The summed E-state index contributed by atoms with van der Waals surface area (Å²) in [6.45, 7) is -2.49. The molecule has 2 heterocycles. The summed E-state index contributed by atoms with van der Waals surface area (Å²) in [5.74, 6) is 0.977. The lowest BCUT2D eigenvalue weighted by Crippen LogP contribution is -2.27. The minimum Gasteiger partial charge on any atom is -0.435 e. The molecule has 0 aliphatic rings. The van der Waals surface area contributed by atoms with E-state index in [9.17, 15) is 13.6 Å². The fourth-order valence-electron chi connectivity index (χ4n) is 2.37. The Balaban J connectivity index is 1.46. The van der Waals surface area contributed by atoms with E-state index in [2.05, 4.69) is 19.9 Å². The summed E-state index contributed by atoms with van der Waals surface area (Å²) in [5, 5.41) is 9.56. The Labute approximate surface area is 168 Å². The molecule has 0 saturated heterocycles. The van der Waals surface area contributed by atoms with Crippen LogP contribution in [0.3, 0.4) is 0 Å². The number of thiophene rings is 1. The topological polar surface area (TPSA) is 71.1 Å². The summed E-state index contributed by atoms with van der Waals surface area (Å²) in [5.41, 5.74) is 0.818. The van der Waals surface area contributed by atoms with Crippen molar-refractivity contribution >= 4 is 29.0 Å². The van der Waals surface area contributed by atoms with Gasteiger partial charge in [-0.05, 0) is 29.1 Å². The fourth-order valence-corrected chi connectivity index (χ4v) is 3.84. The number of aromatic amines is 1. The molecule has 0 fully saturated rings. The number of nitrogens with zero attached hydrogens (tertiary/aromatic N) is 3. The van der Waals surface area contributed by atoms with E-state index in [1.165, 1.54) is 28.8 Å². The van der Waals surface area contributed by atoms with Crippen molar-refractivity contribution < 1.29 is 18.3 Å². The van der Waals surface area contributed by atoms with Crippen LogP contribution < -0.4 is 4.74 Å². The monoisotopic (exact) mass is 424 g/mol. The van der Waals surface area contributed by atoms with Crippen molar-refractivity contribution in [1.82, 2.24) is 20.1 Å². The molecule has 0 spiro atoms. The van der Waals surface area contributed by atoms with E-state index >= 15 is 0 Å². The minimum absolute atomic E-state index is 0.0810. The van der Waals surface area contributed by atoms with Gasteiger partial charge >= 0.3 is 6.61 Å². The van der Waals surface area contributed by atoms with Gasteiger partial charge in [0, 0.05) is 24.9 Å². The molecule has 0 saturated carbocycles. The van der Waals surface area contributed by atoms with Gasteiger partial charge in [0.25, 0.3) is 0 Å². The molecule has 0 unspecified atom stereocenters. The number of hydrogen-bond donors (Lipinski definition) is 1. The summed E-state index contributed by atoms with van der Waals surface area (Å²) < 4.78 is 28.6. The van der Waals surface area contributed by atoms with E-state index in [-0.39, 0.29) is 17.4 Å². The van der Waals surface area contributed by atoms with E-state index in [1.54, 1.807) is 35.4 Å². The van der Waals surface area contributed by atoms with Crippen LogP contribution in [0.15, 0.2) is 46.9 Å². The molecule has 0 atom stereocenters. The first-order chi connectivity index (χ1) is 13.5. The second kappa shape index (κ2) is 9.65. The summed E-state index contributed by atoms with van der Waals surface area (Å²) in [6.07, 6.45) is 0.685. The van der Waals surface area contributed by atoms with Crippen molar-refractivity contribution in [2.75, 3.05) is 12.8 Å². The lowest BCUT2D eigenvalue weighted by molar-refractivity contribution is -0.127. The van der Waals surface area contributed by atoms with Crippen molar-refractivity contribution in [3.63, 3.8) is 0 Å². The molecule has 0 aliphatic carbocycles. The Bertz CT molecular complexity index is 885. The third-order valence-corrected chi connectivity index (χ3v) is 5.46. The number of rotatable bonds is 9. The van der Waals surface area contributed by atoms with Gasteiger partial charge in [-0.1, -0.05) is 30.0 Å². The smallest absolute Gasteiger partial charge is 0.387 e. The van der Waals surface area contributed by atoms with Gasteiger partial charge in [0.1, 0.15) is 11.6 Å². The Morgan fingerprint density at radius 1 is 1.32 bits per heavy atom. The van der Waals surface area contributed by atoms with Gasteiger partial charge in [-0.2, -0.15) is 8.78 Å². The predicted octanol–water partition coefficient (Wildman–Crippen LogP) is 3.81. The molecular weight excluding hydrogens is 406 g/mol. The number of carbonyl (C=O) groups excluding carboxylic acids is 1. The minimum atomic E-state index is -2.85. The molecule has 3 aromatic rings. The van der Waals surface area contributed by atoms with Crippen molar-refractivity contribution in [2.24, 2.45) is 0 Å². The van der Waals surface area contributed by atoms with Crippen LogP contribution >= 0.6 is 23.1 Å². The zero-order valence-corrected chi connectivity index (χ0v) is 16.6. The highest BCUT2D eigenvalue weighted by molar-refractivity contribution is 7.99.